The molecule has 0 bridgehead atoms. The average molecular weight is 587 g/mol. The van der Waals surface area contributed by atoms with Crippen LogP contribution < -0.4 is 16.0 Å². The van der Waals surface area contributed by atoms with Crippen LogP contribution in [0.3, 0.4) is 0 Å². The van der Waals surface area contributed by atoms with E-state index in [1.165, 1.54) is 6.92 Å². The Morgan fingerprint density at radius 2 is 2.07 bits per heavy atom. The van der Waals surface area contributed by atoms with Crippen LogP contribution in [0.2, 0.25) is 0 Å². The zero-order chi connectivity index (χ0) is 30.6. The maximum Gasteiger partial charge on any atom is 0.326 e. The van der Waals surface area contributed by atoms with Crippen molar-refractivity contribution < 1.29 is 42.2 Å². The monoisotopic (exact) mass is 586 g/mol. The van der Waals surface area contributed by atoms with E-state index in [1.54, 1.807) is 18.0 Å². The number of imidazole rings is 1. The molecule has 2 aromatic rings. The van der Waals surface area contributed by atoms with Gasteiger partial charge in [0, 0.05) is 25.9 Å². The smallest absolute Gasteiger partial charge is 0.326 e. The molecule has 3 rings (SSSR count). The highest BCUT2D eigenvalue weighted by molar-refractivity contribution is 5.77. The molecule has 13 nitrogen and oxygen atoms in total. The van der Waals surface area contributed by atoms with Gasteiger partial charge in [0.25, 0.3) is 5.92 Å². The Morgan fingerprint density at radius 3 is 2.76 bits per heavy atom. The van der Waals surface area contributed by atoms with Crippen LogP contribution in [0.25, 0.3) is 11.2 Å². The van der Waals surface area contributed by atoms with Crippen LogP contribution >= 0.6 is 0 Å². The van der Waals surface area contributed by atoms with Crippen LogP contribution in [0.15, 0.2) is 18.7 Å². The molecule has 2 aromatic heterocycles. The fraction of sp³-hybridized carbons (Fsp3) is 0.654. The molecule has 230 valence electrons. The summed E-state index contributed by atoms with van der Waals surface area (Å²) in [5.74, 6) is -3.26. The summed E-state index contributed by atoms with van der Waals surface area (Å²) in [6.07, 6.45) is 2.59. The molecule has 1 saturated heterocycles. The lowest BCUT2D eigenvalue weighted by molar-refractivity contribution is -0.161. The maximum atomic E-state index is 14.2. The molecule has 1 aliphatic rings. The summed E-state index contributed by atoms with van der Waals surface area (Å²) in [4.78, 5) is 37.8. The molecule has 15 heteroatoms. The van der Waals surface area contributed by atoms with Gasteiger partial charge in [0.15, 0.2) is 17.8 Å². The predicted octanol–water partition coefficient (Wildman–Crippen LogP) is 3.35. The predicted molar refractivity (Wildman–Crippen MR) is 145 cm³/mol. The van der Waals surface area contributed by atoms with Crippen molar-refractivity contribution in [3.63, 3.8) is 0 Å². The standard InChI is InChI=1S/C25H38F2N6O6.CH2O/c1-6-16(3)39-32-17(4)23(34)37-13-25(26,27)9-7-8-10-36-21-19-20(30-24(28)31-21)33(14-29-19)22-15(2)11-18(38-22)12-35-5;1-2/h14-15,17-18,22,32H,3,6-13H2,1-2,4-5H3,(H2,28,30,31);1H2. The van der Waals surface area contributed by atoms with Crippen molar-refractivity contribution in [2.24, 2.45) is 5.92 Å². The average Bonchev–Trinajstić information content (AvgIpc) is 3.53. The van der Waals surface area contributed by atoms with Crippen molar-refractivity contribution in [3.8, 4) is 5.88 Å². The van der Waals surface area contributed by atoms with Crippen LogP contribution in [-0.4, -0.2) is 77.3 Å². The lowest BCUT2D eigenvalue weighted by Crippen LogP contribution is -2.37. The summed E-state index contributed by atoms with van der Waals surface area (Å²) in [5, 5.41) is 0. The highest BCUT2D eigenvalue weighted by Gasteiger charge is 2.35. The largest absolute Gasteiger partial charge is 0.476 e. The Balaban J connectivity index is 0.00000287. The Kier molecular flexibility index (Phi) is 13.3. The van der Waals surface area contributed by atoms with Gasteiger partial charge in [-0.15, -0.1) is 5.48 Å². The van der Waals surface area contributed by atoms with Gasteiger partial charge in [-0.1, -0.05) is 20.4 Å². The molecule has 0 radical (unpaired) electrons. The number of ether oxygens (including phenoxy) is 4. The molecule has 0 spiro atoms. The molecule has 41 heavy (non-hydrogen) atoms. The van der Waals surface area contributed by atoms with Crippen molar-refractivity contribution >= 4 is 29.9 Å². The van der Waals surface area contributed by atoms with Crippen LogP contribution in [0, 0.1) is 5.92 Å². The molecular weight excluding hydrogens is 546 g/mol. The minimum atomic E-state index is -3.19. The van der Waals surface area contributed by atoms with E-state index >= 15 is 0 Å². The summed E-state index contributed by atoms with van der Waals surface area (Å²) in [6, 6.07) is -0.923. The second-order valence-electron chi connectivity index (χ2n) is 9.63. The number of nitrogen functional groups attached to an aromatic ring is 1. The Morgan fingerprint density at radius 1 is 1.34 bits per heavy atom. The number of hydrogen-bond donors (Lipinski definition) is 2. The molecule has 1 fully saturated rings. The number of nitrogens with one attached hydrogen (secondary N) is 1. The molecule has 3 N–H and O–H groups in total. The molecule has 0 aromatic carbocycles. The molecule has 0 amide bonds. The van der Waals surface area contributed by atoms with E-state index in [4.69, 9.17) is 34.3 Å². The fourth-order valence-corrected chi connectivity index (χ4v) is 4.06. The number of carbonyl (C=O) groups is 2. The first-order chi connectivity index (χ1) is 19.5. The lowest BCUT2D eigenvalue weighted by Gasteiger charge is -2.19. The van der Waals surface area contributed by atoms with Crippen molar-refractivity contribution in [1.82, 2.24) is 25.0 Å². The van der Waals surface area contributed by atoms with Crippen molar-refractivity contribution in [2.45, 2.75) is 77.2 Å². The number of alkyl halides is 2. The maximum absolute atomic E-state index is 14.2. The van der Waals surface area contributed by atoms with E-state index in [0.717, 1.165) is 6.42 Å². The number of esters is 1. The molecule has 4 atom stereocenters. The topological polar surface area (TPSA) is 162 Å². The van der Waals surface area contributed by atoms with Gasteiger partial charge in [-0.25, -0.2) is 13.8 Å². The Labute approximate surface area is 237 Å². The summed E-state index contributed by atoms with van der Waals surface area (Å²) in [7, 11) is 1.63. The summed E-state index contributed by atoms with van der Waals surface area (Å²) >= 11 is 0. The summed E-state index contributed by atoms with van der Waals surface area (Å²) in [6.45, 7) is 10.5. The van der Waals surface area contributed by atoms with Crippen LogP contribution in [0.4, 0.5) is 14.7 Å². The van der Waals surface area contributed by atoms with E-state index in [9.17, 15) is 13.6 Å². The van der Waals surface area contributed by atoms with Crippen molar-refractivity contribution in [2.75, 3.05) is 32.7 Å². The zero-order valence-electron chi connectivity index (χ0n) is 23.9. The van der Waals surface area contributed by atoms with Gasteiger partial charge in [-0.3, -0.25) is 9.36 Å². The first kappa shape index (κ1) is 33.8. The van der Waals surface area contributed by atoms with E-state index in [0.29, 0.717) is 36.4 Å². The molecular formula is C26H40F2N6O7. The van der Waals surface area contributed by atoms with Crippen LogP contribution in [0.5, 0.6) is 5.88 Å². The van der Waals surface area contributed by atoms with E-state index in [1.807, 2.05) is 13.7 Å². The number of anilines is 1. The first-order valence-electron chi connectivity index (χ1n) is 13.2. The Hall–Kier alpha value is -3.43. The minimum Gasteiger partial charge on any atom is -0.476 e. The number of methoxy groups -OCH3 is 1. The van der Waals surface area contributed by atoms with E-state index < -0.39 is 31.0 Å². The van der Waals surface area contributed by atoms with Crippen molar-refractivity contribution in [3.05, 3.63) is 18.7 Å². The number of unbranched alkanes of at least 4 members (excludes halogenated alkanes) is 1. The number of hydroxylamine groups is 1. The normalized spacial score (nSPS) is 19.3. The van der Waals surface area contributed by atoms with Gasteiger partial charge >= 0.3 is 5.97 Å². The number of aromatic nitrogens is 4. The highest BCUT2D eigenvalue weighted by Crippen LogP contribution is 2.36. The van der Waals surface area contributed by atoms with E-state index in [-0.39, 0.29) is 43.1 Å². The van der Waals surface area contributed by atoms with Gasteiger partial charge < -0.3 is 34.3 Å². The van der Waals surface area contributed by atoms with E-state index in [2.05, 4.69) is 33.9 Å². The second-order valence-corrected chi connectivity index (χ2v) is 9.63. The molecule has 0 saturated carbocycles. The van der Waals surface area contributed by atoms with Gasteiger partial charge in [-0.05, 0) is 26.2 Å². The zero-order valence-corrected chi connectivity index (χ0v) is 23.9. The van der Waals surface area contributed by atoms with Gasteiger partial charge in [0.2, 0.25) is 11.8 Å². The van der Waals surface area contributed by atoms with Crippen LogP contribution in [-0.2, 0) is 28.6 Å². The number of allylic oxidation sites excluding steroid dienone is 1. The summed E-state index contributed by atoms with van der Waals surface area (Å²) < 4.78 is 52.1. The van der Waals surface area contributed by atoms with Crippen molar-refractivity contribution in [1.29, 1.82) is 0 Å². The number of fused-ring (bicyclic) bond motifs is 1. The number of nitrogens with two attached hydrogens (primary N) is 1. The highest BCUT2D eigenvalue weighted by atomic mass is 19.3. The second kappa shape index (κ2) is 16.1. The number of halogens is 2. The quantitative estimate of drug-likeness (QED) is 0.128. The van der Waals surface area contributed by atoms with Gasteiger partial charge in [0.05, 0.1) is 25.6 Å². The number of rotatable bonds is 16. The Bertz CT molecular complexity index is 1140. The SMILES string of the molecule is C=C(CC)ONC(C)C(=O)OCC(F)(F)CCCCOc1nc(N)nc2c1ncn2C1OC(COC)CC1C.C=O. The number of carbonyl (C=O) groups excluding carboxylic acids is 2. The lowest BCUT2D eigenvalue weighted by atomic mass is 10.1. The molecule has 3 heterocycles. The fourth-order valence-electron chi connectivity index (χ4n) is 4.06. The number of nitrogens with zero attached hydrogens (tertiary/aromatic N) is 4. The molecule has 4 unspecified atom stereocenters. The van der Waals surface area contributed by atoms with Gasteiger partial charge in [0.1, 0.15) is 24.8 Å². The van der Waals surface area contributed by atoms with Crippen LogP contribution in [0.1, 0.15) is 59.1 Å². The third-order valence-electron chi connectivity index (χ3n) is 6.22. The first-order valence-corrected chi connectivity index (χ1v) is 13.2. The number of hydrogen-bond acceptors (Lipinski definition) is 12. The minimum absolute atomic E-state index is 0.000169. The third kappa shape index (κ3) is 9.86. The molecule has 1 aliphatic heterocycles. The molecule has 0 aliphatic carbocycles. The summed E-state index contributed by atoms with van der Waals surface area (Å²) in [5.41, 5.74) is 9.19. The van der Waals surface area contributed by atoms with Gasteiger partial charge in [-0.2, -0.15) is 9.97 Å². The third-order valence-corrected chi connectivity index (χ3v) is 6.22.